The van der Waals surface area contributed by atoms with Gasteiger partial charge in [0.15, 0.2) is 0 Å². The fourth-order valence-corrected chi connectivity index (χ4v) is 2.58. The maximum absolute atomic E-state index is 10.4. The first-order chi connectivity index (χ1) is 9.76. The molecule has 0 spiro atoms. The molecule has 0 amide bonds. The Morgan fingerprint density at radius 1 is 1.15 bits per heavy atom. The molecule has 1 fully saturated rings. The lowest BCUT2D eigenvalue weighted by Gasteiger charge is -2.13. The first-order valence-electron chi connectivity index (χ1n) is 7.17. The number of ether oxygens (including phenoxy) is 1. The van der Waals surface area contributed by atoms with Crippen molar-refractivity contribution in [1.82, 2.24) is 0 Å². The molecular formula is C18H20O2. The molecule has 1 atom stereocenters. The second-order valence-electron chi connectivity index (χ2n) is 5.52. The van der Waals surface area contributed by atoms with Gasteiger partial charge in [0.1, 0.15) is 5.75 Å². The summed E-state index contributed by atoms with van der Waals surface area (Å²) in [5, 5.41) is 10.4. The number of benzene rings is 2. The van der Waals surface area contributed by atoms with Crippen molar-refractivity contribution in [3.8, 4) is 5.75 Å². The molecule has 0 aromatic heterocycles. The summed E-state index contributed by atoms with van der Waals surface area (Å²) in [7, 11) is 1.66. The van der Waals surface area contributed by atoms with E-state index in [0.717, 1.165) is 22.8 Å². The molecule has 2 nitrogen and oxygen atoms in total. The van der Waals surface area contributed by atoms with E-state index in [2.05, 4.69) is 18.2 Å². The fraction of sp³-hybridized carbons (Fsp3) is 0.333. The van der Waals surface area contributed by atoms with Gasteiger partial charge in [-0.25, -0.2) is 0 Å². The van der Waals surface area contributed by atoms with Gasteiger partial charge in [-0.15, -0.1) is 0 Å². The number of hydrogen-bond acceptors (Lipinski definition) is 2. The Kier molecular flexibility index (Phi) is 3.75. The van der Waals surface area contributed by atoms with E-state index in [1.54, 1.807) is 7.11 Å². The molecule has 1 aliphatic rings. The summed E-state index contributed by atoms with van der Waals surface area (Å²) in [4.78, 5) is 0. The lowest BCUT2D eigenvalue weighted by Crippen LogP contribution is -2.02. The van der Waals surface area contributed by atoms with Crippen LogP contribution in [-0.2, 0) is 6.42 Å². The van der Waals surface area contributed by atoms with E-state index in [4.69, 9.17) is 4.74 Å². The third kappa shape index (κ3) is 3.02. The highest BCUT2D eigenvalue weighted by Gasteiger charge is 2.24. The molecule has 3 rings (SSSR count). The SMILES string of the molecule is COc1cccc(CC(O)c2cccc(C3CC3)c2)c1. The molecule has 1 N–H and O–H groups in total. The molecule has 2 aromatic carbocycles. The van der Waals surface area contributed by atoms with Gasteiger partial charge in [-0.3, -0.25) is 0 Å². The molecule has 0 aliphatic heterocycles. The van der Waals surface area contributed by atoms with Crippen LogP contribution in [0.3, 0.4) is 0 Å². The minimum atomic E-state index is -0.458. The van der Waals surface area contributed by atoms with Gasteiger partial charge in [-0.05, 0) is 47.6 Å². The van der Waals surface area contributed by atoms with Crippen molar-refractivity contribution in [2.24, 2.45) is 0 Å². The summed E-state index contributed by atoms with van der Waals surface area (Å²) in [6.45, 7) is 0. The highest BCUT2D eigenvalue weighted by Crippen LogP contribution is 2.40. The van der Waals surface area contributed by atoms with E-state index >= 15 is 0 Å². The average molecular weight is 268 g/mol. The zero-order valence-corrected chi connectivity index (χ0v) is 11.8. The van der Waals surface area contributed by atoms with E-state index in [0.29, 0.717) is 6.42 Å². The molecule has 2 aromatic rings. The van der Waals surface area contributed by atoms with Crippen molar-refractivity contribution in [3.05, 3.63) is 65.2 Å². The maximum atomic E-state index is 10.4. The Hall–Kier alpha value is -1.80. The molecule has 20 heavy (non-hydrogen) atoms. The van der Waals surface area contributed by atoms with Crippen LogP contribution < -0.4 is 4.74 Å². The first-order valence-corrected chi connectivity index (χ1v) is 7.17. The fourth-order valence-electron chi connectivity index (χ4n) is 2.58. The maximum Gasteiger partial charge on any atom is 0.119 e. The highest BCUT2D eigenvalue weighted by molar-refractivity contribution is 5.33. The van der Waals surface area contributed by atoms with Crippen LogP contribution in [0.25, 0.3) is 0 Å². The molecule has 0 bridgehead atoms. The van der Waals surface area contributed by atoms with Crippen molar-refractivity contribution in [3.63, 3.8) is 0 Å². The van der Waals surface area contributed by atoms with Crippen LogP contribution in [0.2, 0.25) is 0 Å². The number of methoxy groups -OCH3 is 1. The van der Waals surface area contributed by atoms with E-state index in [1.807, 2.05) is 30.3 Å². The largest absolute Gasteiger partial charge is 0.497 e. The summed E-state index contributed by atoms with van der Waals surface area (Å²) < 4.78 is 5.22. The summed E-state index contributed by atoms with van der Waals surface area (Å²) >= 11 is 0. The van der Waals surface area contributed by atoms with Crippen molar-refractivity contribution in [1.29, 1.82) is 0 Å². The van der Waals surface area contributed by atoms with Crippen LogP contribution in [0.15, 0.2) is 48.5 Å². The van der Waals surface area contributed by atoms with E-state index < -0.39 is 6.10 Å². The Labute approximate surface area is 120 Å². The minimum absolute atomic E-state index is 0.458. The zero-order chi connectivity index (χ0) is 13.9. The van der Waals surface area contributed by atoms with Gasteiger partial charge in [0, 0.05) is 6.42 Å². The Bertz CT molecular complexity index is 587. The topological polar surface area (TPSA) is 29.5 Å². The van der Waals surface area contributed by atoms with Crippen LogP contribution in [0, 0.1) is 0 Å². The van der Waals surface area contributed by atoms with Gasteiger partial charge in [0.05, 0.1) is 13.2 Å². The van der Waals surface area contributed by atoms with Crippen molar-refractivity contribution in [2.75, 3.05) is 7.11 Å². The Morgan fingerprint density at radius 3 is 2.70 bits per heavy atom. The third-order valence-corrected chi connectivity index (χ3v) is 3.91. The highest BCUT2D eigenvalue weighted by atomic mass is 16.5. The lowest BCUT2D eigenvalue weighted by atomic mass is 9.98. The van der Waals surface area contributed by atoms with Crippen LogP contribution in [0.1, 0.15) is 41.6 Å². The second kappa shape index (κ2) is 5.68. The van der Waals surface area contributed by atoms with Crippen molar-refractivity contribution < 1.29 is 9.84 Å². The number of aliphatic hydroxyl groups excluding tert-OH is 1. The van der Waals surface area contributed by atoms with Crippen LogP contribution >= 0.6 is 0 Å². The lowest BCUT2D eigenvalue weighted by molar-refractivity contribution is 0.178. The molecule has 1 unspecified atom stereocenters. The van der Waals surface area contributed by atoms with E-state index in [1.165, 1.54) is 18.4 Å². The number of aliphatic hydroxyl groups is 1. The molecule has 1 aliphatic carbocycles. The van der Waals surface area contributed by atoms with Gasteiger partial charge in [0.2, 0.25) is 0 Å². The zero-order valence-electron chi connectivity index (χ0n) is 11.8. The predicted octanol–water partition coefficient (Wildman–Crippen LogP) is 3.85. The summed E-state index contributed by atoms with van der Waals surface area (Å²) in [5.41, 5.74) is 3.47. The van der Waals surface area contributed by atoms with E-state index in [9.17, 15) is 5.11 Å². The molecule has 2 heteroatoms. The smallest absolute Gasteiger partial charge is 0.119 e. The normalized spacial score (nSPS) is 15.9. The Balaban J connectivity index is 1.74. The molecular weight excluding hydrogens is 248 g/mol. The molecule has 1 saturated carbocycles. The quantitative estimate of drug-likeness (QED) is 0.892. The van der Waals surface area contributed by atoms with Gasteiger partial charge in [-0.1, -0.05) is 36.4 Å². The first kappa shape index (κ1) is 13.2. The molecule has 0 heterocycles. The number of hydrogen-bond donors (Lipinski definition) is 1. The summed E-state index contributed by atoms with van der Waals surface area (Å²) in [6.07, 6.45) is 2.73. The predicted molar refractivity (Wildman–Crippen MR) is 80.1 cm³/mol. The van der Waals surface area contributed by atoms with Crippen LogP contribution in [0.4, 0.5) is 0 Å². The van der Waals surface area contributed by atoms with Gasteiger partial charge >= 0.3 is 0 Å². The second-order valence-corrected chi connectivity index (χ2v) is 5.52. The third-order valence-electron chi connectivity index (χ3n) is 3.91. The van der Waals surface area contributed by atoms with E-state index in [-0.39, 0.29) is 0 Å². The van der Waals surface area contributed by atoms with Crippen LogP contribution in [-0.4, -0.2) is 12.2 Å². The summed E-state index contributed by atoms with van der Waals surface area (Å²) in [6, 6.07) is 16.3. The molecule has 0 radical (unpaired) electrons. The molecule has 104 valence electrons. The monoisotopic (exact) mass is 268 g/mol. The van der Waals surface area contributed by atoms with Gasteiger partial charge < -0.3 is 9.84 Å². The minimum Gasteiger partial charge on any atom is -0.497 e. The summed E-state index contributed by atoms with van der Waals surface area (Å²) in [5.74, 6) is 1.56. The molecule has 0 saturated heterocycles. The van der Waals surface area contributed by atoms with Crippen molar-refractivity contribution >= 4 is 0 Å². The average Bonchev–Trinajstić information content (AvgIpc) is 3.32. The standard InChI is InChI=1S/C18H20O2/c1-20-17-7-2-4-13(10-17)11-18(19)16-6-3-5-15(12-16)14-8-9-14/h2-7,10,12,14,18-19H,8-9,11H2,1H3. The van der Waals surface area contributed by atoms with Gasteiger partial charge in [0.25, 0.3) is 0 Å². The van der Waals surface area contributed by atoms with Crippen molar-refractivity contribution in [2.45, 2.75) is 31.3 Å². The Morgan fingerprint density at radius 2 is 1.95 bits per heavy atom. The number of rotatable bonds is 5. The van der Waals surface area contributed by atoms with Gasteiger partial charge in [-0.2, -0.15) is 0 Å². The van der Waals surface area contributed by atoms with Crippen LogP contribution in [0.5, 0.6) is 5.75 Å².